The number of ether oxygens (including phenoxy) is 1. The Bertz CT molecular complexity index is 1780. The summed E-state index contributed by atoms with van der Waals surface area (Å²) in [5, 5.41) is 12.7. The molecule has 0 aliphatic carbocycles. The number of hydrogen-bond donors (Lipinski definition) is 1. The highest BCUT2D eigenvalue weighted by Crippen LogP contribution is 2.45. The van der Waals surface area contributed by atoms with E-state index >= 15 is 0 Å². The molecule has 2 heterocycles. The molecule has 1 unspecified atom stereocenters. The highest BCUT2D eigenvalue weighted by Gasteiger charge is 2.48. The van der Waals surface area contributed by atoms with Crippen molar-refractivity contribution < 1.29 is 19.4 Å². The summed E-state index contributed by atoms with van der Waals surface area (Å²) in [4.78, 5) is 33.0. The van der Waals surface area contributed by atoms with Gasteiger partial charge in [0, 0.05) is 15.6 Å². The van der Waals surface area contributed by atoms with E-state index in [4.69, 9.17) is 27.9 Å². The number of amides is 1. The number of rotatable bonds is 6. The maximum Gasteiger partial charge on any atom is 0.301 e. The van der Waals surface area contributed by atoms with Crippen molar-refractivity contribution in [2.45, 2.75) is 12.6 Å². The largest absolute Gasteiger partial charge is 0.507 e. The molecule has 198 valence electrons. The molecule has 1 atom stereocenters. The lowest BCUT2D eigenvalue weighted by molar-refractivity contribution is -0.132. The summed E-state index contributed by atoms with van der Waals surface area (Å²) in [7, 11) is 0. The van der Waals surface area contributed by atoms with Gasteiger partial charge in [-0.3, -0.25) is 14.5 Å². The van der Waals surface area contributed by atoms with Crippen LogP contribution >= 0.6 is 34.5 Å². The van der Waals surface area contributed by atoms with Gasteiger partial charge in [0.1, 0.15) is 18.1 Å². The Balaban J connectivity index is 1.47. The Hall–Kier alpha value is -4.17. The topological polar surface area (TPSA) is 79.7 Å². The van der Waals surface area contributed by atoms with Crippen molar-refractivity contribution in [2.24, 2.45) is 0 Å². The summed E-state index contributed by atoms with van der Waals surface area (Å²) >= 11 is 13.5. The maximum atomic E-state index is 13.5. The molecule has 0 bridgehead atoms. The lowest BCUT2D eigenvalue weighted by atomic mass is 9.95. The molecule has 6 nitrogen and oxygen atoms in total. The Labute approximate surface area is 243 Å². The van der Waals surface area contributed by atoms with Crippen molar-refractivity contribution in [1.29, 1.82) is 0 Å². The summed E-state index contributed by atoms with van der Waals surface area (Å²) in [6.07, 6.45) is 0. The fraction of sp³-hybridized carbons (Fsp3) is 0.0645. The molecule has 1 aromatic heterocycles. The Morgan fingerprint density at radius 1 is 0.900 bits per heavy atom. The summed E-state index contributed by atoms with van der Waals surface area (Å²) in [6.45, 7) is 0.341. The predicted octanol–water partition coefficient (Wildman–Crippen LogP) is 7.81. The number of thiazole rings is 1. The van der Waals surface area contributed by atoms with Gasteiger partial charge in [-0.25, -0.2) is 4.98 Å². The van der Waals surface area contributed by atoms with Gasteiger partial charge in [0.05, 0.1) is 21.8 Å². The molecule has 0 saturated carbocycles. The van der Waals surface area contributed by atoms with E-state index < -0.39 is 17.7 Å². The third-order valence-corrected chi connectivity index (χ3v) is 8.03. The van der Waals surface area contributed by atoms with Crippen LogP contribution in [0.4, 0.5) is 5.13 Å². The Morgan fingerprint density at radius 3 is 2.42 bits per heavy atom. The van der Waals surface area contributed by atoms with Crippen LogP contribution in [0, 0.1) is 0 Å². The molecule has 1 amide bonds. The van der Waals surface area contributed by atoms with E-state index in [0.29, 0.717) is 44.2 Å². The highest BCUT2D eigenvalue weighted by molar-refractivity contribution is 7.22. The SMILES string of the molecule is O=C1C(=O)N(c2nc3ccc(Cl)cc3s2)C(c2cccc(OCc3ccccc3)c2)C1=C(O)c1ccc(Cl)cc1. The molecule has 1 N–H and O–H groups in total. The van der Waals surface area contributed by atoms with Crippen LogP contribution in [0.25, 0.3) is 16.0 Å². The van der Waals surface area contributed by atoms with E-state index in [0.717, 1.165) is 10.3 Å². The number of carbonyl (C=O) groups is 2. The van der Waals surface area contributed by atoms with Gasteiger partial charge in [0.2, 0.25) is 0 Å². The van der Waals surface area contributed by atoms with Crippen molar-refractivity contribution >= 4 is 67.3 Å². The normalized spacial score (nSPS) is 16.6. The van der Waals surface area contributed by atoms with Crippen LogP contribution < -0.4 is 9.64 Å². The van der Waals surface area contributed by atoms with E-state index in [-0.39, 0.29) is 11.3 Å². The second kappa shape index (κ2) is 10.8. The number of hydrogen-bond acceptors (Lipinski definition) is 6. The van der Waals surface area contributed by atoms with Gasteiger partial charge in [-0.15, -0.1) is 0 Å². The van der Waals surface area contributed by atoms with Gasteiger partial charge in [-0.2, -0.15) is 0 Å². The van der Waals surface area contributed by atoms with Crippen molar-refractivity contribution in [2.75, 3.05) is 4.90 Å². The van der Waals surface area contributed by atoms with Crippen molar-refractivity contribution in [3.8, 4) is 5.75 Å². The van der Waals surface area contributed by atoms with Gasteiger partial charge in [-0.05, 0) is 65.7 Å². The van der Waals surface area contributed by atoms with Crippen molar-refractivity contribution in [1.82, 2.24) is 4.98 Å². The summed E-state index contributed by atoms with van der Waals surface area (Å²) in [5.74, 6) is -1.36. The number of ketones is 1. The third kappa shape index (κ3) is 4.95. The summed E-state index contributed by atoms with van der Waals surface area (Å²) < 4.78 is 6.80. The number of halogens is 2. The number of carbonyl (C=O) groups excluding carboxylic acids is 2. The van der Waals surface area contributed by atoms with E-state index in [1.165, 1.54) is 16.2 Å². The number of fused-ring (bicyclic) bond motifs is 1. The van der Waals surface area contributed by atoms with E-state index in [1.807, 2.05) is 30.3 Å². The van der Waals surface area contributed by atoms with Crippen LogP contribution in [-0.2, 0) is 16.2 Å². The molecule has 9 heteroatoms. The number of Topliss-reactive ketones (excluding diaryl/α,β-unsaturated/α-hetero) is 1. The lowest BCUT2D eigenvalue weighted by Crippen LogP contribution is -2.29. The molecule has 1 aliphatic rings. The van der Waals surface area contributed by atoms with Crippen molar-refractivity contribution in [3.63, 3.8) is 0 Å². The minimum atomic E-state index is -0.952. The number of nitrogens with zero attached hydrogens (tertiary/aromatic N) is 2. The molecule has 1 aliphatic heterocycles. The van der Waals surface area contributed by atoms with Crippen LogP contribution in [0.2, 0.25) is 10.0 Å². The quantitative estimate of drug-likeness (QED) is 0.125. The smallest absolute Gasteiger partial charge is 0.301 e. The van der Waals surface area contributed by atoms with Gasteiger partial charge >= 0.3 is 5.91 Å². The zero-order valence-electron chi connectivity index (χ0n) is 20.8. The van der Waals surface area contributed by atoms with E-state index in [9.17, 15) is 14.7 Å². The second-order valence-electron chi connectivity index (χ2n) is 9.13. The molecular formula is C31H20Cl2N2O4S. The zero-order valence-corrected chi connectivity index (χ0v) is 23.1. The monoisotopic (exact) mass is 586 g/mol. The number of anilines is 1. The average Bonchev–Trinajstić information content (AvgIpc) is 3.50. The molecular weight excluding hydrogens is 567 g/mol. The first-order valence-corrected chi connectivity index (χ1v) is 13.9. The van der Waals surface area contributed by atoms with Crippen LogP contribution in [0.5, 0.6) is 5.75 Å². The first-order valence-electron chi connectivity index (χ1n) is 12.3. The van der Waals surface area contributed by atoms with Gasteiger partial charge < -0.3 is 9.84 Å². The number of aliphatic hydroxyl groups excluding tert-OH is 1. The average molecular weight is 587 g/mol. The number of benzene rings is 4. The first-order chi connectivity index (χ1) is 19.4. The maximum absolute atomic E-state index is 13.5. The predicted molar refractivity (Wildman–Crippen MR) is 158 cm³/mol. The third-order valence-electron chi connectivity index (χ3n) is 6.53. The minimum absolute atomic E-state index is 0.0511. The first kappa shape index (κ1) is 26.1. The molecule has 0 radical (unpaired) electrons. The highest BCUT2D eigenvalue weighted by atomic mass is 35.5. The van der Waals surface area contributed by atoms with E-state index in [1.54, 1.807) is 66.7 Å². The van der Waals surface area contributed by atoms with Crippen LogP contribution in [0.3, 0.4) is 0 Å². The Kier molecular flexibility index (Phi) is 7.02. The minimum Gasteiger partial charge on any atom is -0.507 e. The van der Waals surface area contributed by atoms with Crippen molar-refractivity contribution in [3.05, 3.63) is 129 Å². The standard InChI is InChI=1S/C31H20Cl2N2O4S/c32-21-11-9-19(10-12-21)28(36)26-27(20-7-4-8-23(15-20)39-17-18-5-2-1-3-6-18)35(30(38)29(26)37)31-34-24-14-13-22(33)16-25(24)40-31/h1-16,27,36H,17H2. The molecule has 1 saturated heterocycles. The lowest BCUT2D eigenvalue weighted by Gasteiger charge is -2.23. The zero-order chi connectivity index (χ0) is 27.8. The number of aliphatic hydroxyl groups is 1. The Morgan fingerprint density at radius 2 is 1.65 bits per heavy atom. The van der Waals surface area contributed by atoms with Gasteiger partial charge in [0.15, 0.2) is 5.13 Å². The fourth-order valence-corrected chi connectivity index (χ4v) is 6.01. The summed E-state index contributed by atoms with van der Waals surface area (Å²) in [5.41, 5.74) is 2.53. The molecule has 1 fully saturated rings. The molecule has 6 rings (SSSR count). The summed E-state index contributed by atoms with van der Waals surface area (Å²) in [6, 6.07) is 27.6. The second-order valence-corrected chi connectivity index (χ2v) is 11.0. The molecule has 40 heavy (non-hydrogen) atoms. The van der Waals surface area contributed by atoms with E-state index in [2.05, 4.69) is 4.98 Å². The van der Waals surface area contributed by atoms with Crippen LogP contribution in [0.15, 0.2) is 103 Å². The van der Waals surface area contributed by atoms with Gasteiger partial charge in [-0.1, -0.05) is 77.0 Å². The van der Waals surface area contributed by atoms with Crippen LogP contribution in [-0.4, -0.2) is 21.8 Å². The molecule has 5 aromatic rings. The van der Waals surface area contributed by atoms with Gasteiger partial charge in [0.25, 0.3) is 5.78 Å². The number of aromatic nitrogens is 1. The fourth-order valence-electron chi connectivity index (χ4n) is 4.61. The molecule has 4 aromatic carbocycles. The molecule has 0 spiro atoms. The van der Waals surface area contributed by atoms with Crippen LogP contribution in [0.1, 0.15) is 22.7 Å².